The summed E-state index contributed by atoms with van der Waals surface area (Å²) in [5.74, 6) is 0. The molecule has 0 fully saturated rings. The summed E-state index contributed by atoms with van der Waals surface area (Å²) in [7, 11) is 0. The van der Waals surface area contributed by atoms with Crippen LogP contribution in [0, 0.1) is 22.7 Å². The SMILES string of the molecule is N#CC(C#N)=Cc1c(-c2ccccc2)[nH]c2ccccc12. The van der Waals surface area contributed by atoms with Crippen molar-refractivity contribution in [3.05, 3.63) is 65.7 Å². The van der Waals surface area contributed by atoms with E-state index in [-0.39, 0.29) is 5.57 Å². The third-order valence-corrected chi connectivity index (χ3v) is 3.34. The summed E-state index contributed by atoms with van der Waals surface area (Å²) >= 11 is 0. The molecule has 0 aliphatic carbocycles. The van der Waals surface area contributed by atoms with Gasteiger partial charge in [0, 0.05) is 16.5 Å². The fraction of sp³-hybridized carbons (Fsp3) is 0. The highest BCUT2D eigenvalue weighted by molar-refractivity contribution is 5.97. The number of aromatic nitrogens is 1. The molecule has 0 unspecified atom stereocenters. The Labute approximate surface area is 122 Å². The average molecular weight is 269 g/mol. The van der Waals surface area contributed by atoms with E-state index in [4.69, 9.17) is 10.5 Å². The summed E-state index contributed by atoms with van der Waals surface area (Å²) in [6, 6.07) is 21.6. The monoisotopic (exact) mass is 269 g/mol. The van der Waals surface area contributed by atoms with Crippen LogP contribution >= 0.6 is 0 Å². The van der Waals surface area contributed by atoms with Gasteiger partial charge < -0.3 is 4.98 Å². The summed E-state index contributed by atoms with van der Waals surface area (Å²) in [6.07, 6.45) is 1.64. The maximum Gasteiger partial charge on any atom is 0.130 e. The highest BCUT2D eigenvalue weighted by Gasteiger charge is 2.11. The maximum absolute atomic E-state index is 9.01. The fourth-order valence-corrected chi connectivity index (χ4v) is 2.38. The number of nitrogens with zero attached hydrogens (tertiary/aromatic N) is 2. The first-order valence-electron chi connectivity index (χ1n) is 6.51. The van der Waals surface area contributed by atoms with Gasteiger partial charge in [-0.05, 0) is 17.7 Å². The topological polar surface area (TPSA) is 63.4 Å². The Bertz CT molecular complexity index is 887. The first kappa shape index (κ1) is 12.7. The molecule has 3 aromatic rings. The minimum atomic E-state index is 0.0944. The van der Waals surface area contributed by atoms with Crippen LogP contribution in [0.2, 0.25) is 0 Å². The van der Waals surface area contributed by atoms with Gasteiger partial charge in [-0.2, -0.15) is 10.5 Å². The van der Waals surface area contributed by atoms with Crippen LogP contribution in [0.4, 0.5) is 0 Å². The smallest absolute Gasteiger partial charge is 0.130 e. The lowest BCUT2D eigenvalue weighted by Crippen LogP contribution is -1.81. The largest absolute Gasteiger partial charge is 0.354 e. The van der Waals surface area contributed by atoms with E-state index in [1.54, 1.807) is 6.08 Å². The van der Waals surface area contributed by atoms with Crippen LogP contribution in [-0.4, -0.2) is 4.98 Å². The Morgan fingerprint density at radius 3 is 2.29 bits per heavy atom. The lowest BCUT2D eigenvalue weighted by Gasteiger charge is -2.00. The highest BCUT2D eigenvalue weighted by atomic mass is 14.7. The van der Waals surface area contributed by atoms with Crippen molar-refractivity contribution in [1.29, 1.82) is 10.5 Å². The van der Waals surface area contributed by atoms with Gasteiger partial charge in [0.25, 0.3) is 0 Å². The van der Waals surface area contributed by atoms with Crippen molar-refractivity contribution < 1.29 is 0 Å². The van der Waals surface area contributed by atoms with Crippen molar-refractivity contribution in [2.45, 2.75) is 0 Å². The van der Waals surface area contributed by atoms with Gasteiger partial charge in [0.15, 0.2) is 0 Å². The first-order chi connectivity index (χ1) is 10.3. The van der Waals surface area contributed by atoms with Crippen molar-refractivity contribution in [3.8, 4) is 23.4 Å². The van der Waals surface area contributed by atoms with Crippen LogP contribution in [0.25, 0.3) is 28.2 Å². The van der Waals surface area contributed by atoms with Crippen molar-refractivity contribution in [3.63, 3.8) is 0 Å². The van der Waals surface area contributed by atoms with E-state index in [1.165, 1.54) is 0 Å². The molecule has 3 rings (SSSR count). The minimum absolute atomic E-state index is 0.0944. The molecule has 1 aromatic heterocycles. The van der Waals surface area contributed by atoms with E-state index >= 15 is 0 Å². The molecular formula is C18H11N3. The number of H-pyrrole nitrogens is 1. The van der Waals surface area contributed by atoms with Crippen molar-refractivity contribution in [1.82, 2.24) is 4.98 Å². The number of fused-ring (bicyclic) bond motifs is 1. The van der Waals surface area contributed by atoms with Crippen molar-refractivity contribution >= 4 is 17.0 Å². The number of rotatable bonds is 2. The van der Waals surface area contributed by atoms with Crippen LogP contribution in [0.15, 0.2) is 60.2 Å². The standard InChI is InChI=1S/C18H11N3/c19-11-13(12-20)10-16-15-8-4-5-9-17(15)21-18(16)14-6-2-1-3-7-14/h1-10,21H. The summed E-state index contributed by atoms with van der Waals surface area (Å²) in [6.45, 7) is 0. The van der Waals surface area contributed by atoms with Gasteiger partial charge in [-0.3, -0.25) is 0 Å². The molecule has 21 heavy (non-hydrogen) atoms. The van der Waals surface area contributed by atoms with E-state index < -0.39 is 0 Å². The molecule has 0 saturated heterocycles. The summed E-state index contributed by atoms with van der Waals surface area (Å²) in [4.78, 5) is 3.37. The molecule has 0 atom stereocenters. The molecule has 1 heterocycles. The quantitative estimate of drug-likeness (QED) is 0.706. The van der Waals surface area contributed by atoms with Gasteiger partial charge >= 0.3 is 0 Å². The van der Waals surface area contributed by atoms with Gasteiger partial charge in [-0.15, -0.1) is 0 Å². The van der Waals surface area contributed by atoms with Gasteiger partial charge in [0.05, 0.1) is 5.69 Å². The second-order valence-electron chi connectivity index (χ2n) is 4.61. The number of allylic oxidation sites excluding steroid dienone is 1. The third kappa shape index (κ3) is 2.29. The van der Waals surface area contributed by atoms with Gasteiger partial charge in [-0.25, -0.2) is 0 Å². The molecule has 0 radical (unpaired) electrons. The predicted octanol–water partition coefficient (Wildman–Crippen LogP) is 4.27. The van der Waals surface area contributed by atoms with Crippen LogP contribution in [0.5, 0.6) is 0 Å². The number of nitrogens with one attached hydrogen (secondary N) is 1. The molecule has 98 valence electrons. The molecule has 0 bridgehead atoms. The van der Waals surface area contributed by atoms with Crippen LogP contribution in [0.3, 0.4) is 0 Å². The number of aromatic amines is 1. The molecule has 0 saturated carbocycles. The molecular weight excluding hydrogens is 258 g/mol. The van der Waals surface area contributed by atoms with Crippen LogP contribution in [0.1, 0.15) is 5.56 Å². The normalized spacial score (nSPS) is 9.81. The Kier molecular flexibility index (Phi) is 3.25. The Morgan fingerprint density at radius 1 is 0.905 bits per heavy atom. The Hall–Kier alpha value is -3.30. The fourth-order valence-electron chi connectivity index (χ4n) is 2.38. The molecule has 0 amide bonds. The summed E-state index contributed by atoms with van der Waals surface area (Å²) < 4.78 is 0. The Balaban J connectivity index is 2.33. The van der Waals surface area contributed by atoms with Gasteiger partial charge in [-0.1, -0.05) is 48.5 Å². The van der Waals surface area contributed by atoms with E-state index in [9.17, 15) is 0 Å². The summed E-state index contributed by atoms with van der Waals surface area (Å²) in [5, 5.41) is 19.0. The lowest BCUT2D eigenvalue weighted by atomic mass is 10.0. The molecule has 2 aromatic carbocycles. The second kappa shape index (κ2) is 5.36. The van der Waals surface area contributed by atoms with Gasteiger partial charge in [0.1, 0.15) is 17.7 Å². The van der Waals surface area contributed by atoms with E-state index in [0.29, 0.717) is 0 Å². The zero-order valence-corrected chi connectivity index (χ0v) is 11.2. The molecule has 0 spiro atoms. The van der Waals surface area contributed by atoms with E-state index in [0.717, 1.165) is 27.7 Å². The molecule has 0 aliphatic rings. The maximum atomic E-state index is 9.01. The zero-order chi connectivity index (χ0) is 14.7. The number of nitriles is 2. The zero-order valence-electron chi connectivity index (χ0n) is 11.2. The number of benzene rings is 2. The summed E-state index contributed by atoms with van der Waals surface area (Å²) in [5.41, 5.74) is 3.89. The van der Waals surface area contributed by atoms with E-state index in [1.807, 2.05) is 66.7 Å². The van der Waals surface area contributed by atoms with Crippen molar-refractivity contribution in [2.24, 2.45) is 0 Å². The second-order valence-corrected chi connectivity index (χ2v) is 4.61. The number of para-hydroxylation sites is 1. The van der Waals surface area contributed by atoms with E-state index in [2.05, 4.69) is 4.98 Å². The Morgan fingerprint density at radius 2 is 1.57 bits per heavy atom. The molecule has 3 nitrogen and oxygen atoms in total. The molecule has 1 N–H and O–H groups in total. The third-order valence-electron chi connectivity index (χ3n) is 3.34. The lowest BCUT2D eigenvalue weighted by molar-refractivity contribution is 1.44. The first-order valence-corrected chi connectivity index (χ1v) is 6.51. The molecule has 3 heteroatoms. The van der Waals surface area contributed by atoms with Crippen LogP contribution < -0.4 is 0 Å². The van der Waals surface area contributed by atoms with Gasteiger partial charge in [0.2, 0.25) is 0 Å². The number of hydrogen-bond acceptors (Lipinski definition) is 2. The minimum Gasteiger partial charge on any atom is -0.354 e. The van der Waals surface area contributed by atoms with Crippen LogP contribution in [-0.2, 0) is 0 Å². The predicted molar refractivity (Wildman–Crippen MR) is 82.9 cm³/mol. The average Bonchev–Trinajstić information content (AvgIpc) is 2.92. The van der Waals surface area contributed by atoms with Crippen molar-refractivity contribution in [2.75, 3.05) is 0 Å². The number of hydrogen-bond donors (Lipinski definition) is 1. The highest BCUT2D eigenvalue weighted by Crippen LogP contribution is 2.31. The molecule has 0 aliphatic heterocycles.